The van der Waals surface area contributed by atoms with Crippen LogP contribution in [0.3, 0.4) is 0 Å². The second-order valence-corrected chi connectivity index (χ2v) is 1.88. The van der Waals surface area contributed by atoms with Gasteiger partial charge in [-0.3, -0.25) is 0 Å². The Balaban J connectivity index is 2.99. The van der Waals surface area contributed by atoms with Crippen molar-refractivity contribution in [3.63, 3.8) is 0 Å². The molecule has 0 aromatic heterocycles. The average molecular weight is 133 g/mol. The van der Waals surface area contributed by atoms with Crippen LogP contribution in [0, 0.1) is 0 Å². The number of hydrogen-bond donors (Lipinski definition) is 1. The fourth-order valence-corrected chi connectivity index (χ4v) is 0.358. The van der Waals surface area contributed by atoms with Crippen LogP contribution in [-0.2, 0) is 4.74 Å². The molecule has 0 heterocycles. The molecule has 0 unspecified atom stereocenters. The molecular weight excluding hydrogens is 122 g/mol. The number of thiocarbonyl (C=S) groups is 1. The Labute approximate surface area is 55.0 Å². The maximum Gasteiger partial charge on any atom is 0.173 e. The fourth-order valence-electron chi connectivity index (χ4n) is 0.275. The minimum absolute atomic E-state index is 0.356. The Kier molecular flexibility index (Phi) is 4.90. The van der Waals surface area contributed by atoms with Gasteiger partial charge in [0.15, 0.2) is 5.05 Å². The SMILES string of the molecule is CCCOC(=S)CN. The summed E-state index contributed by atoms with van der Waals surface area (Å²) in [4.78, 5) is 0. The van der Waals surface area contributed by atoms with Gasteiger partial charge in [0, 0.05) is 0 Å². The summed E-state index contributed by atoms with van der Waals surface area (Å²) in [5.74, 6) is 0. The smallest absolute Gasteiger partial charge is 0.173 e. The van der Waals surface area contributed by atoms with Crippen LogP contribution >= 0.6 is 12.2 Å². The summed E-state index contributed by atoms with van der Waals surface area (Å²) in [6.07, 6.45) is 0.986. The Hall–Kier alpha value is -0.150. The summed E-state index contributed by atoms with van der Waals surface area (Å²) in [7, 11) is 0. The zero-order valence-corrected chi connectivity index (χ0v) is 5.83. The maximum atomic E-state index is 5.15. The second-order valence-electron chi connectivity index (χ2n) is 1.42. The lowest BCUT2D eigenvalue weighted by Crippen LogP contribution is -2.14. The molecule has 2 N–H and O–H groups in total. The number of rotatable bonds is 3. The van der Waals surface area contributed by atoms with Crippen molar-refractivity contribution in [2.75, 3.05) is 13.2 Å². The van der Waals surface area contributed by atoms with Crippen LogP contribution < -0.4 is 5.73 Å². The number of nitrogens with two attached hydrogens (primary N) is 1. The minimum atomic E-state index is 0.356. The molecule has 0 atom stereocenters. The van der Waals surface area contributed by atoms with E-state index in [1.165, 1.54) is 0 Å². The Morgan fingerprint density at radius 2 is 2.38 bits per heavy atom. The van der Waals surface area contributed by atoms with Crippen molar-refractivity contribution >= 4 is 17.3 Å². The van der Waals surface area contributed by atoms with Gasteiger partial charge in [-0.2, -0.15) is 0 Å². The molecule has 0 fully saturated rings. The van der Waals surface area contributed by atoms with Crippen molar-refractivity contribution in [3.8, 4) is 0 Å². The van der Waals surface area contributed by atoms with Crippen LogP contribution in [0.5, 0.6) is 0 Å². The van der Waals surface area contributed by atoms with E-state index in [1.54, 1.807) is 0 Å². The molecule has 0 saturated carbocycles. The van der Waals surface area contributed by atoms with Gasteiger partial charge in [-0.25, -0.2) is 0 Å². The predicted molar refractivity (Wildman–Crippen MR) is 37.9 cm³/mol. The Bertz CT molecular complexity index is 74.8. The molecule has 3 heteroatoms. The van der Waals surface area contributed by atoms with Gasteiger partial charge in [-0.15, -0.1) is 0 Å². The highest BCUT2D eigenvalue weighted by Crippen LogP contribution is 1.81. The first-order valence-corrected chi connectivity index (χ1v) is 3.07. The zero-order chi connectivity index (χ0) is 6.41. The van der Waals surface area contributed by atoms with Crippen LogP contribution in [0.2, 0.25) is 0 Å². The largest absolute Gasteiger partial charge is 0.486 e. The van der Waals surface area contributed by atoms with Gasteiger partial charge in [0.1, 0.15) is 0 Å². The van der Waals surface area contributed by atoms with Crippen molar-refractivity contribution in [3.05, 3.63) is 0 Å². The van der Waals surface area contributed by atoms with E-state index in [2.05, 4.69) is 12.2 Å². The van der Waals surface area contributed by atoms with Gasteiger partial charge >= 0.3 is 0 Å². The van der Waals surface area contributed by atoms with E-state index < -0.39 is 0 Å². The molecule has 48 valence electrons. The van der Waals surface area contributed by atoms with Gasteiger partial charge in [0.25, 0.3) is 0 Å². The lowest BCUT2D eigenvalue weighted by atomic mass is 10.5. The lowest BCUT2D eigenvalue weighted by Gasteiger charge is -2.00. The van der Waals surface area contributed by atoms with E-state index in [1.807, 2.05) is 6.92 Å². The normalized spacial score (nSPS) is 8.75. The topological polar surface area (TPSA) is 35.2 Å². The second kappa shape index (κ2) is 5.00. The Morgan fingerprint density at radius 1 is 1.75 bits per heavy atom. The van der Waals surface area contributed by atoms with E-state index in [9.17, 15) is 0 Å². The summed E-state index contributed by atoms with van der Waals surface area (Å²) < 4.78 is 4.95. The molecule has 0 saturated heterocycles. The molecule has 0 aromatic carbocycles. The minimum Gasteiger partial charge on any atom is -0.486 e. The van der Waals surface area contributed by atoms with Crippen LogP contribution in [-0.4, -0.2) is 18.2 Å². The predicted octanol–water partition coefficient (Wildman–Crippen LogP) is 0.699. The highest BCUT2D eigenvalue weighted by atomic mass is 32.1. The first-order chi connectivity index (χ1) is 3.81. The van der Waals surface area contributed by atoms with Gasteiger partial charge < -0.3 is 10.5 Å². The summed E-state index contributed by atoms with van der Waals surface area (Å²) in [6, 6.07) is 0. The van der Waals surface area contributed by atoms with Crippen molar-refractivity contribution in [2.24, 2.45) is 5.73 Å². The molecule has 2 nitrogen and oxygen atoms in total. The third-order valence-corrected chi connectivity index (χ3v) is 0.918. The molecule has 0 aliphatic carbocycles. The highest BCUT2D eigenvalue weighted by Gasteiger charge is 1.88. The van der Waals surface area contributed by atoms with E-state index in [4.69, 9.17) is 10.5 Å². The molecule has 0 aliphatic rings. The molecular formula is C5H11NOS. The van der Waals surface area contributed by atoms with Crippen LogP contribution in [0.1, 0.15) is 13.3 Å². The molecule has 0 amide bonds. The molecule has 0 bridgehead atoms. The summed E-state index contributed by atoms with van der Waals surface area (Å²) in [5, 5.41) is 0.506. The van der Waals surface area contributed by atoms with E-state index >= 15 is 0 Å². The van der Waals surface area contributed by atoms with Crippen LogP contribution in [0.15, 0.2) is 0 Å². The van der Waals surface area contributed by atoms with Crippen molar-refractivity contribution < 1.29 is 4.74 Å². The highest BCUT2D eigenvalue weighted by molar-refractivity contribution is 7.80. The lowest BCUT2D eigenvalue weighted by molar-refractivity contribution is 0.308. The molecule has 0 spiro atoms. The maximum absolute atomic E-state index is 5.15. The molecule has 0 rings (SSSR count). The molecule has 0 aliphatic heterocycles. The summed E-state index contributed by atoms with van der Waals surface area (Å²) in [6.45, 7) is 3.07. The first-order valence-electron chi connectivity index (χ1n) is 2.67. The monoisotopic (exact) mass is 133 g/mol. The molecule has 0 aromatic rings. The Morgan fingerprint density at radius 3 is 2.75 bits per heavy atom. The average Bonchev–Trinajstić information content (AvgIpc) is 1.83. The number of ether oxygens (including phenoxy) is 1. The third kappa shape index (κ3) is 4.02. The van der Waals surface area contributed by atoms with Gasteiger partial charge in [0.2, 0.25) is 0 Å². The van der Waals surface area contributed by atoms with Crippen LogP contribution in [0.25, 0.3) is 0 Å². The standard InChI is InChI=1S/C5H11NOS/c1-2-3-7-5(8)4-6/h2-4,6H2,1H3. The van der Waals surface area contributed by atoms with Crippen LogP contribution in [0.4, 0.5) is 0 Å². The van der Waals surface area contributed by atoms with Crippen molar-refractivity contribution in [1.29, 1.82) is 0 Å². The zero-order valence-electron chi connectivity index (χ0n) is 5.02. The fraction of sp³-hybridized carbons (Fsp3) is 0.800. The molecule has 8 heavy (non-hydrogen) atoms. The molecule has 0 radical (unpaired) electrons. The summed E-state index contributed by atoms with van der Waals surface area (Å²) in [5.41, 5.74) is 5.15. The van der Waals surface area contributed by atoms with Crippen molar-refractivity contribution in [2.45, 2.75) is 13.3 Å². The van der Waals surface area contributed by atoms with E-state index in [-0.39, 0.29) is 0 Å². The van der Waals surface area contributed by atoms with E-state index in [0.717, 1.165) is 6.42 Å². The first kappa shape index (κ1) is 7.85. The van der Waals surface area contributed by atoms with Gasteiger partial charge in [-0.1, -0.05) is 6.92 Å². The van der Waals surface area contributed by atoms with Gasteiger partial charge in [0.05, 0.1) is 13.2 Å². The summed E-state index contributed by atoms with van der Waals surface area (Å²) >= 11 is 4.67. The van der Waals surface area contributed by atoms with Crippen molar-refractivity contribution in [1.82, 2.24) is 0 Å². The quantitative estimate of drug-likeness (QED) is 0.575. The van der Waals surface area contributed by atoms with Gasteiger partial charge in [-0.05, 0) is 18.6 Å². The van der Waals surface area contributed by atoms with E-state index in [0.29, 0.717) is 18.2 Å². The third-order valence-electron chi connectivity index (χ3n) is 0.634. The number of hydrogen-bond acceptors (Lipinski definition) is 3.